The quantitative estimate of drug-likeness (QED) is 0.593. The maximum Gasteiger partial charge on any atom is 0.338 e. The molecule has 108 valence electrons. The molecule has 2 unspecified atom stereocenters. The van der Waals surface area contributed by atoms with Crippen LogP contribution in [0.3, 0.4) is 0 Å². The third kappa shape index (κ3) is 3.30. The van der Waals surface area contributed by atoms with Crippen molar-refractivity contribution in [3.8, 4) is 0 Å². The number of allylic oxidation sites excluding steroid dienone is 2. The molecule has 0 fully saturated rings. The number of carbonyl (C=O) groups is 1. The highest BCUT2D eigenvalue weighted by molar-refractivity contribution is 5.89. The van der Waals surface area contributed by atoms with E-state index in [0.717, 1.165) is 12.8 Å². The summed E-state index contributed by atoms with van der Waals surface area (Å²) in [4.78, 5) is 12.1. The summed E-state index contributed by atoms with van der Waals surface area (Å²) in [7, 11) is 0. The fourth-order valence-electron chi connectivity index (χ4n) is 3.29. The lowest BCUT2D eigenvalue weighted by Gasteiger charge is -2.40. The molecule has 1 aromatic carbocycles. The molecule has 1 aromatic rings. The van der Waals surface area contributed by atoms with Crippen LogP contribution >= 0.6 is 0 Å². The predicted octanol–water partition coefficient (Wildman–Crippen LogP) is 4.61. The van der Waals surface area contributed by atoms with Crippen molar-refractivity contribution < 1.29 is 9.53 Å². The van der Waals surface area contributed by atoms with Gasteiger partial charge in [0.2, 0.25) is 0 Å². The second-order valence-corrected chi connectivity index (χ2v) is 6.53. The lowest BCUT2D eigenvalue weighted by molar-refractivity contribution is -0.00539. The molecule has 0 amide bonds. The molecule has 1 aliphatic rings. The van der Waals surface area contributed by atoms with Crippen molar-refractivity contribution in [3.63, 3.8) is 0 Å². The van der Waals surface area contributed by atoms with Crippen LogP contribution in [0, 0.1) is 11.3 Å². The van der Waals surface area contributed by atoms with E-state index in [1.165, 1.54) is 5.57 Å². The lowest BCUT2D eigenvalue weighted by Crippen LogP contribution is -2.37. The van der Waals surface area contributed by atoms with E-state index in [-0.39, 0.29) is 17.5 Å². The van der Waals surface area contributed by atoms with Gasteiger partial charge >= 0.3 is 5.97 Å². The molecule has 0 aromatic heterocycles. The Hall–Kier alpha value is -1.57. The molecular formula is C18H24O2. The molecule has 0 spiro atoms. The standard InChI is InChI=1S/C18H24O2/c1-13-10-11-16(18(3,4)12-13)14(2)20-17(19)15-8-6-5-7-9-15/h5-10,14,16H,11-12H2,1-4H3. The highest BCUT2D eigenvalue weighted by atomic mass is 16.5. The van der Waals surface area contributed by atoms with E-state index in [4.69, 9.17) is 4.74 Å². The van der Waals surface area contributed by atoms with Gasteiger partial charge in [0.05, 0.1) is 5.56 Å². The second-order valence-electron chi connectivity index (χ2n) is 6.53. The minimum Gasteiger partial charge on any atom is -0.459 e. The average molecular weight is 272 g/mol. The van der Waals surface area contributed by atoms with Crippen molar-refractivity contribution in [3.05, 3.63) is 47.5 Å². The van der Waals surface area contributed by atoms with Gasteiger partial charge in [-0.3, -0.25) is 0 Å². The van der Waals surface area contributed by atoms with Gasteiger partial charge < -0.3 is 4.74 Å². The van der Waals surface area contributed by atoms with Crippen molar-refractivity contribution in [2.24, 2.45) is 11.3 Å². The van der Waals surface area contributed by atoms with Crippen LogP contribution in [0.5, 0.6) is 0 Å². The summed E-state index contributed by atoms with van der Waals surface area (Å²) in [5.74, 6) is 0.152. The zero-order valence-electron chi connectivity index (χ0n) is 12.8. The van der Waals surface area contributed by atoms with Gasteiger partial charge in [0.15, 0.2) is 0 Å². The molecule has 2 rings (SSSR count). The molecule has 1 aliphatic carbocycles. The fourth-order valence-corrected chi connectivity index (χ4v) is 3.29. The van der Waals surface area contributed by atoms with E-state index in [1.54, 1.807) is 12.1 Å². The number of rotatable bonds is 3. The molecule has 0 bridgehead atoms. The first-order chi connectivity index (χ1) is 9.40. The molecule has 0 radical (unpaired) electrons. The Labute approximate surface area is 121 Å². The van der Waals surface area contributed by atoms with Crippen LogP contribution in [0.1, 0.15) is 50.9 Å². The zero-order chi connectivity index (χ0) is 14.8. The van der Waals surface area contributed by atoms with Crippen LogP contribution in [0.4, 0.5) is 0 Å². The topological polar surface area (TPSA) is 26.3 Å². The minimum absolute atomic E-state index is 0.0675. The molecule has 20 heavy (non-hydrogen) atoms. The van der Waals surface area contributed by atoms with Gasteiger partial charge in [-0.05, 0) is 44.2 Å². The lowest BCUT2D eigenvalue weighted by atomic mass is 9.67. The van der Waals surface area contributed by atoms with Crippen LogP contribution in [0.25, 0.3) is 0 Å². The number of benzene rings is 1. The fraction of sp³-hybridized carbons (Fsp3) is 0.500. The van der Waals surface area contributed by atoms with Crippen molar-refractivity contribution in [2.45, 2.75) is 46.6 Å². The summed E-state index contributed by atoms with van der Waals surface area (Å²) >= 11 is 0. The average Bonchev–Trinajstić information content (AvgIpc) is 2.38. The first-order valence-corrected chi connectivity index (χ1v) is 7.32. The van der Waals surface area contributed by atoms with Gasteiger partial charge in [-0.15, -0.1) is 0 Å². The van der Waals surface area contributed by atoms with Gasteiger partial charge in [0, 0.05) is 5.92 Å². The normalized spacial score (nSPS) is 22.8. The van der Waals surface area contributed by atoms with Crippen LogP contribution in [-0.2, 0) is 4.74 Å². The summed E-state index contributed by atoms with van der Waals surface area (Å²) in [5.41, 5.74) is 2.24. The molecule has 2 nitrogen and oxygen atoms in total. The van der Waals surface area contributed by atoms with E-state index in [0.29, 0.717) is 11.5 Å². The maximum absolute atomic E-state index is 12.1. The Morgan fingerprint density at radius 3 is 2.55 bits per heavy atom. The summed E-state index contributed by atoms with van der Waals surface area (Å²) in [5, 5.41) is 0. The maximum atomic E-state index is 12.1. The van der Waals surface area contributed by atoms with E-state index in [2.05, 4.69) is 26.8 Å². The first kappa shape index (κ1) is 14.8. The monoisotopic (exact) mass is 272 g/mol. The van der Waals surface area contributed by atoms with Gasteiger partial charge in [0.1, 0.15) is 6.10 Å². The molecular weight excluding hydrogens is 248 g/mol. The van der Waals surface area contributed by atoms with Crippen molar-refractivity contribution in [2.75, 3.05) is 0 Å². The molecule has 2 atom stereocenters. The van der Waals surface area contributed by atoms with E-state index < -0.39 is 0 Å². The first-order valence-electron chi connectivity index (χ1n) is 7.32. The number of hydrogen-bond acceptors (Lipinski definition) is 2. The number of ether oxygens (including phenoxy) is 1. The van der Waals surface area contributed by atoms with E-state index in [9.17, 15) is 4.79 Å². The number of carbonyl (C=O) groups excluding carboxylic acids is 1. The predicted molar refractivity (Wildman–Crippen MR) is 81.6 cm³/mol. The third-order valence-corrected chi connectivity index (χ3v) is 4.33. The van der Waals surface area contributed by atoms with Gasteiger partial charge in [0.25, 0.3) is 0 Å². The summed E-state index contributed by atoms with van der Waals surface area (Å²) in [6, 6.07) is 9.21. The highest BCUT2D eigenvalue weighted by Crippen LogP contribution is 2.42. The molecule has 0 heterocycles. The van der Waals surface area contributed by atoms with Gasteiger partial charge in [-0.2, -0.15) is 0 Å². The van der Waals surface area contributed by atoms with E-state index >= 15 is 0 Å². The Kier molecular flexibility index (Phi) is 4.32. The Balaban J connectivity index is 2.05. The van der Waals surface area contributed by atoms with Crippen molar-refractivity contribution in [1.29, 1.82) is 0 Å². The number of hydrogen-bond donors (Lipinski definition) is 0. The summed E-state index contributed by atoms with van der Waals surface area (Å²) in [6.07, 6.45) is 4.28. The Bertz CT molecular complexity index is 499. The van der Waals surface area contributed by atoms with E-state index in [1.807, 2.05) is 25.1 Å². The molecule has 0 saturated carbocycles. The largest absolute Gasteiger partial charge is 0.459 e. The number of esters is 1. The summed E-state index contributed by atoms with van der Waals surface area (Å²) in [6.45, 7) is 8.72. The van der Waals surface area contributed by atoms with Crippen LogP contribution < -0.4 is 0 Å². The van der Waals surface area contributed by atoms with Crippen molar-refractivity contribution in [1.82, 2.24) is 0 Å². The second kappa shape index (κ2) is 5.82. The van der Waals surface area contributed by atoms with Gasteiger partial charge in [-0.1, -0.05) is 43.7 Å². The highest BCUT2D eigenvalue weighted by Gasteiger charge is 2.37. The third-order valence-electron chi connectivity index (χ3n) is 4.33. The smallest absolute Gasteiger partial charge is 0.338 e. The zero-order valence-corrected chi connectivity index (χ0v) is 12.8. The Morgan fingerprint density at radius 2 is 1.95 bits per heavy atom. The molecule has 0 aliphatic heterocycles. The minimum atomic E-state index is -0.222. The molecule has 0 N–H and O–H groups in total. The molecule has 2 heteroatoms. The SMILES string of the molecule is CC1=CCC(C(C)OC(=O)c2ccccc2)C(C)(C)C1. The van der Waals surface area contributed by atoms with Crippen molar-refractivity contribution >= 4 is 5.97 Å². The van der Waals surface area contributed by atoms with Crippen LogP contribution in [0.2, 0.25) is 0 Å². The van der Waals surface area contributed by atoms with Gasteiger partial charge in [-0.25, -0.2) is 4.79 Å². The van der Waals surface area contributed by atoms with Crippen LogP contribution in [-0.4, -0.2) is 12.1 Å². The summed E-state index contributed by atoms with van der Waals surface area (Å²) < 4.78 is 5.68. The van der Waals surface area contributed by atoms with Crippen LogP contribution in [0.15, 0.2) is 42.0 Å². The Morgan fingerprint density at radius 1 is 1.30 bits per heavy atom. The molecule has 0 saturated heterocycles.